The number of nitrogens with one attached hydrogen (secondary N) is 1. The predicted octanol–water partition coefficient (Wildman–Crippen LogP) is 3.53. The van der Waals surface area contributed by atoms with Crippen molar-refractivity contribution in [2.75, 3.05) is 11.9 Å². The summed E-state index contributed by atoms with van der Waals surface area (Å²) >= 11 is 1.54. The van der Waals surface area contributed by atoms with Crippen LogP contribution in [0.3, 0.4) is 0 Å². The Morgan fingerprint density at radius 2 is 2.00 bits per heavy atom. The fourth-order valence-electron chi connectivity index (χ4n) is 2.54. The predicted molar refractivity (Wildman–Crippen MR) is 101 cm³/mol. The number of anilines is 1. The lowest BCUT2D eigenvalue weighted by molar-refractivity contribution is -0.147. The number of hydrogen-bond donors (Lipinski definition) is 1. The standard InChI is InChI=1S/C19H19N3O4S/c1-12-7-13(2)9-15(8-12)20-16(23)10-25-18(24)4-3-17-21-19(22-26-17)14-5-6-27-11-14/h5-9,11H,3-4,10H2,1-2H3,(H,20,23). The van der Waals surface area contributed by atoms with E-state index in [1.165, 1.54) is 11.3 Å². The molecule has 8 heteroatoms. The quantitative estimate of drug-likeness (QED) is 0.625. The van der Waals surface area contributed by atoms with Crippen LogP contribution in [0.1, 0.15) is 23.4 Å². The second-order valence-corrected chi connectivity index (χ2v) is 6.89. The number of nitrogens with zero attached hydrogens (tertiary/aromatic N) is 2. The van der Waals surface area contributed by atoms with E-state index in [9.17, 15) is 9.59 Å². The van der Waals surface area contributed by atoms with Crippen LogP contribution in [-0.2, 0) is 20.7 Å². The highest BCUT2D eigenvalue weighted by molar-refractivity contribution is 7.08. The fourth-order valence-corrected chi connectivity index (χ4v) is 3.17. The number of aromatic nitrogens is 2. The van der Waals surface area contributed by atoms with Crippen molar-refractivity contribution < 1.29 is 18.8 Å². The number of aryl methyl sites for hydroxylation is 3. The molecule has 0 saturated heterocycles. The normalized spacial score (nSPS) is 10.6. The number of carbonyl (C=O) groups is 2. The van der Waals surface area contributed by atoms with Gasteiger partial charge in [-0.25, -0.2) is 0 Å². The van der Waals surface area contributed by atoms with Crippen molar-refractivity contribution in [1.82, 2.24) is 10.1 Å². The van der Waals surface area contributed by atoms with Gasteiger partial charge in [0.1, 0.15) is 0 Å². The monoisotopic (exact) mass is 385 g/mol. The minimum absolute atomic E-state index is 0.0576. The van der Waals surface area contributed by atoms with Gasteiger partial charge in [0.2, 0.25) is 11.7 Å². The number of carbonyl (C=O) groups excluding carboxylic acids is 2. The van der Waals surface area contributed by atoms with Gasteiger partial charge in [0, 0.05) is 23.1 Å². The van der Waals surface area contributed by atoms with E-state index in [4.69, 9.17) is 9.26 Å². The Kier molecular flexibility index (Phi) is 5.97. The molecule has 0 atom stereocenters. The number of rotatable bonds is 7. The number of esters is 1. The first-order valence-electron chi connectivity index (χ1n) is 8.38. The highest BCUT2D eigenvalue weighted by Crippen LogP contribution is 2.19. The maximum Gasteiger partial charge on any atom is 0.306 e. The Hall–Kier alpha value is -3.00. The van der Waals surface area contributed by atoms with Crippen LogP contribution in [0.25, 0.3) is 11.4 Å². The molecule has 0 unspecified atom stereocenters. The summed E-state index contributed by atoms with van der Waals surface area (Å²) in [7, 11) is 0. The van der Waals surface area contributed by atoms with E-state index in [-0.39, 0.29) is 25.4 Å². The van der Waals surface area contributed by atoms with Gasteiger partial charge in [0.25, 0.3) is 5.91 Å². The summed E-state index contributed by atoms with van der Waals surface area (Å²) in [5, 5.41) is 10.4. The molecule has 0 spiro atoms. The molecular formula is C19H19N3O4S. The van der Waals surface area contributed by atoms with Gasteiger partial charge >= 0.3 is 5.97 Å². The second-order valence-electron chi connectivity index (χ2n) is 6.11. The molecule has 0 fully saturated rings. The van der Waals surface area contributed by atoms with Crippen molar-refractivity contribution in [1.29, 1.82) is 0 Å². The maximum atomic E-state index is 11.9. The van der Waals surface area contributed by atoms with Gasteiger partial charge < -0.3 is 14.6 Å². The van der Waals surface area contributed by atoms with E-state index in [0.717, 1.165) is 16.7 Å². The average molecular weight is 385 g/mol. The van der Waals surface area contributed by atoms with Crippen molar-refractivity contribution in [3.63, 3.8) is 0 Å². The van der Waals surface area contributed by atoms with Gasteiger partial charge in [-0.2, -0.15) is 16.3 Å². The Bertz CT molecular complexity index is 914. The molecule has 27 heavy (non-hydrogen) atoms. The van der Waals surface area contributed by atoms with Crippen molar-refractivity contribution >= 4 is 28.9 Å². The van der Waals surface area contributed by atoms with Gasteiger partial charge in [-0.15, -0.1) is 0 Å². The molecule has 3 rings (SSSR count). The number of ether oxygens (including phenoxy) is 1. The molecule has 3 aromatic rings. The van der Waals surface area contributed by atoms with E-state index in [1.54, 1.807) is 0 Å². The van der Waals surface area contributed by atoms with Crippen molar-refractivity contribution in [2.45, 2.75) is 26.7 Å². The summed E-state index contributed by atoms with van der Waals surface area (Å²) in [5.41, 5.74) is 3.65. The Labute approximate surface area is 160 Å². The first-order chi connectivity index (χ1) is 13.0. The largest absolute Gasteiger partial charge is 0.456 e. The number of benzene rings is 1. The number of amides is 1. The van der Waals surface area contributed by atoms with Gasteiger partial charge in [-0.1, -0.05) is 11.2 Å². The lowest BCUT2D eigenvalue weighted by Crippen LogP contribution is -2.21. The molecular weight excluding hydrogens is 366 g/mol. The molecule has 0 aliphatic rings. The topological polar surface area (TPSA) is 94.3 Å². The minimum atomic E-state index is -0.499. The van der Waals surface area contributed by atoms with Crippen LogP contribution < -0.4 is 5.32 Å². The van der Waals surface area contributed by atoms with Crippen LogP contribution in [0.15, 0.2) is 39.5 Å². The third-order valence-corrected chi connectivity index (χ3v) is 4.34. The van der Waals surface area contributed by atoms with Crippen LogP contribution in [0.2, 0.25) is 0 Å². The molecule has 7 nitrogen and oxygen atoms in total. The third-order valence-electron chi connectivity index (χ3n) is 3.66. The zero-order valence-electron chi connectivity index (χ0n) is 15.0. The van der Waals surface area contributed by atoms with Crippen molar-refractivity contribution in [3.05, 3.63) is 52.0 Å². The summed E-state index contributed by atoms with van der Waals surface area (Å²) in [6, 6.07) is 7.61. The van der Waals surface area contributed by atoms with Gasteiger partial charge in [0.05, 0.1) is 6.42 Å². The van der Waals surface area contributed by atoms with E-state index in [2.05, 4.69) is 15.5 Å². The fraction of sp³-hybridized carbons (Fsp3) is 0.263. The summed E-state index contributed by atoms with van der Waals surface area (Å²) in [5.74, 6) is -0.0352. The molecule has 1 aromatic carbocycles. The van der Waals surface area contributed by atoms with Crippen molar-refractivity contribution in [3.8, 4) is 11.4 Å². The Morgan fingerprint density at radius 3 is 2.70 bits per heavy atom. The number of thiophene rings is 1. The molecule has 0 aliphatic heterocycles. The van der Waals surface area contributed by atoms with Gasteiger partial charge in [-0.05, 0) is 48.6 Å². The first-order valence-corrected chi connectivity index (χ1v) is 9.33. The molecule has 0 bridgehead atoms. The molecule has 0 saturated carbocycles. The highest BCUT2D eigenvalue weighted by Gasteiger charge is 2.13. The highest BCUT2D eigenvalue weighted by atomic mass is 32.1. The summed E-state index contributed by atoms with van der Waals surface area (Å²) in [6.45, 7) is 3.56. The minimum Gasteiger partial charge on any atom is -0.456 e. The van der Waals surface area contributed by atoms with Crippen molar-refractivity contribution in [2.24, 2.45) is 0 Å². The molecule has 140 valence electrons. The Morgan fingerprint density at radius 1 is 1.22 bits per heavy atom. The van der Waals surface area contributed by atoms with E-state index < -0.39 is 5.97 Å². The SMILES string of the molecule is Cc1cc(C)cc(NC(=O)COC(=O)CCc2nc(-c3ccsc3)no2)c1. The molecule has 1 N–H and O–H groups in total. The van der Waals surface area contributed by atoms with Crippen LogP contribution in [0.4, 0.5) is 5.69 Å². The van der Waals surface area contributed by atoms with Gasteiger partial charge in [0.15, 0.2) is 6.61 Å². The zero-order valence-corrected chi connectivity index (χ0v) is 15.8. The van der Waals surface area contributed by atoms with E-state index in [1.807, 2.05) is 48.9 Å². The van der Waals surface area contributed by atoms with Crippen LogP contribution >= 0.6 is 11.3 Å². The zero-order chi connectivity index (χ0) is 19.2. The smallest absolute Gasteiger partial charge is 0.306 e. The summed E-state index contributed by atoms with van der Waals surface area (Å²) < 4.78 is 10.1. The molecule has 2 aromatic heterocycles. The van der Waals surface area contributed by atoms with E-state index in [0.29, 0.717) is 17.4 Å². The second kappa shape index (κ2) is 8.59. The average Bonchev–Trinajstić information content (AvgIpc) is 3.28. The third kappa shape index (κ3) is 5.49. The van der Waals surface area contributed by atoms with Crippen LogP contribution in [0.5, 0.6) is 0 Å². The number of hydrogen-bond acceptors (Lipinski definition) is 7. The van der Waals surface area contributed by atoms with Crippen LogP contribution in [-0.4, -0.2) is 28.6 Å². The summed E-state index contributed by atoms with van der Waals surface area (Å²) in [4.78, 5) is 28.0. The van der Waals surface area contributed by atoms with E-state index >= 15 is 0 Å². The Balaban J connectivity index is 1.42. The maximum absolute atomic E-state index is 11.9. The summed E-state index contributed by atoms with van der Waals surface area (Å²) in [6.07, 6.45) is 0.316. The molecule has 0 radical (unpaired) electrons. The molecule has 2 heterocycles. The lowest BCUT2D eigenvalue weighted by atomic mass is 10.1. The van der Waals surface area contributed by atoms with Gasteiger partial charge in [-0.3, -0.25) is 9.59 Å². The molecule has 0 aliphatic carbocycles. The lowest BCUT2D eigenvalue weighted by Gasteiger charge is -2.08. The van der Waals surface area contributed by atoms with Crippen LogP contribution in [0, 0.1) is 13.8 Å². The first kappa shape index (κ1) is 18.8. The molecule has 1 amide bonds.